The molecule has 2 N–H and O–H groups in total. The van der Waals surface area contributed by atoms with Gasteiger partial charge in [0, 0.05) is 29.3 Å². The first kappa shape index (κ1) is 12.1. The molecule has 0 radical (unpaired) electrons. The van der Waals surface area contributed by atoms with Crippen LogP contribution in [0.3, 0.4) is 0 Å². The highest BCUT2D eigenvalue weighted by molar-refractivity contribution is 6.30. The molecule has 0 bridgehead atoms. The van der Waals surface area contributed by atoms with E-state index in [-0.39, 0.29) is 16.8 Å². The highest BCUT2D eigenvalue weighted by atomic mass is 35.5. The number of halogens is 2. The number of aromatic nitrogens is 2. The average molecular weight is 275 g/mol. The molecule has 2 aromatic heterocycles. The van der Waals surface area contributed by atoms with Crippen molar-refractivity contribution in [2.45, 2.75) is 5.92 Å². The molecule has 0 aliphatic carbocycles. The normalized spacial score (nSPS) is 11.1. The van der Waals surface area contributed by atoms with Gasteiger partial charge in [0.25, 0.3) is 0 Å². The van der Waals surface area contributed by atoms with Gasteiger partial charge in [-0.25, -0.2) is 4.39 Å². The summed E-state index contributed by atoms with van der Waals surface area (Å²) in [7, 11) is 0. The van der Waals surface area contributed by atoms with Gasteiger partial charge < -0.3 is 9.97 Å². The van der Waals surface area contributed by atoms with E-state index in [4.69, 9.17) is 11.6 Å². The zero-order valence-corrected chi connectivity index (χ0v) is 10.8. The first-order valence-electron chi connectivity index (χ1n) is 5.98. The number of nitrogens with one attached hydrogen (secondary N) is 2. The summed E-state index contributed by atoms with van der Waals surface area (Å²) in [4.78, 5) is 6.28. The third-order valence-corrected chi connectivity index (χ3v) is 3.45. The molecule has 3 aromatic rings. The van der Waals surface area contributed by atoms with Crippen molar-refractivity contribution in [2.24, 2.45) is 0 Å². The molecule has 0 aliphatic heterocycles. The molecule has 19 heavy (non-hydrogen) atoms. The Bertz CT molecular complexity index is 625. The van der Waals surface area contributed by atoms with E-state index >= 15 is 0 Å². The van der Waals surface area contributed by atoms with Crippen LogP contribution in [-0.4, -0.2) is 9.97 Å². The van der Waals surface area contributed by atoms with Crippen LogP contribution in [0.1, 0.15) is 22.9 Å². The highest BCUT2D eigenvalue weighted by Gasteiger charge is 2.22. The molecule has 0 atom stereocenters. The molecule has 0 spiro atoms. The van der Waals surface area contributed by atoms with Crippen LogP contribution in [-0.2, 0) is 0 Å². The standard InChI is InChI=1S/C15H12ClFN2/c16-11-5-1-4-10(15(11)17)14(12-6-2-8-18-12)13-7-3-9-19-13/h1-9,14,18-19H. The summed E-state index contributed by atoms with van der Waals surface area (Å²) in [5.41, 5.74) is 2.39. The van der Waals surface area contributed by atoms with Crippen LogP contribution in [0, 0.1) is 5.82 Å². The summed E-state index contributed by atoms with van der Waals surface area (Å²) in [6.07, 6.45) is 3.65. The smallest absolute Gasteiger partial charge is 0.146 e. The first-order valence-corrected chi connectivity index (χ1v) is 6.35. The van der Waals surface area contributed by atoms with E-state index in [0.29, 0.717) is 5.56 Å². The van der Waals surface area contributed by atoms with Crippen molar-refractivity contribution in [3.8, 4) is 0 Å². The Hall–Kier alpha value is -2.00. The fourth-order valence-corrected chi connectivity index (χ4v) is 2.48. The van der Waals surface area contributed by atoms with Crippen LogP contribution < -0.4 is 0 Å². The molecule has 0 aliphatic rings. The Morgan fingerprint density at radius 3 is 2.05 bits per heavy atom. The molecule has 96 valence electrons. The monoisotopic (exact) mass is 274 g/mol. The minimum atomic E-state index is -0.377. The predicted octanol–water partition coefficient (Wildman–Crippen LogP) is 4.32. The summed E-state index contributed by atoms with van der Waals surface area (Å²) in [5, 5.41) is 0.139. The summed E-state index contributed by atoms with van der Waals surface area (Å²) in [6.45, 7) is 0. The first-order chi connectivity index (χ1) is 9.27. The molecule has 2 nitrogen and oxygen atoms in total. The highest BCUT2D eigenvalue weighted by Crippen LogP contribution is 2.33. The van der Waals surface area contributed by atoms with Crippen molar-refractivity contribution in [1.82, 2.24) is 9.97 Å². The van der Waals surface area contributed by atoms with E-state index < -0.39 is 0 Å². The molecular formula is C15H12ClFN2. The van der Waals surface area contributed by atoms with Crippen molar-refractivity contribution >= 4 is 11.6 Å². The zero-order chi connectivity index (χ0) is 13.2. The molecule has 2 heterocycles. The minimum Gasteiger partial charge on any atom is -0.364 e. The van der Waals surface area contributed by atoms with Crippen molar-refractivity contribution < 1.29 is 4.39 Å². The maximum atomic E-state index is 14.3. The zero-order valence-electron chi connectivity index (χ0n) is 10.0. The van der Waals surface area contributed by atoms with Crippen LogP contribution in [0.2, 0.25) is 5.02 Å². The molecular weight excluding hydrogens is 263 g/mol. The van der Waals surface area contributed by atoms with Gasteiger partial charge in [0.1, 0.15) is 5.82 Å². The third-order valence-electron chi connectivity index (χ3n) is 3.16. The Labute approximate surface area is 115 Å². The minimum absolute atomic E-state index is 0.139. The van der Waals surface area contributed by atoms with E-state index in [1.54, 1.807) is 18.2 Å². The van der Waals surface area contributed by atoms with E-state index in [9.17, 15) is 4.39 Å². The second kappa shape index (κ2) is 4.94. The van der Waals surface area contributed by atoms with E-state index in [1.807, 2.05) is 36.7 Å². The maximum absolute atomic E-state index is 14.3. The Morgan fingerprint density at radius 1 is 0.895 bits per heavy atom. The van der Waals surface area contributed by atoms with E-state index in [2.05, 4.69) is 9.97 Å². The molecule has 0 fully saturated rings. The lowest BCUT2D eigenvalue weighted by Crippen LogP contribution is -2.06. The topological polar surface area (TPSA) is 31.6 Å². The number of hydrogen-bond donors (Lipinski definition) is 2. The predicted molar refractivity (Wildman–Crippen MR) is 73.9 cm³/mol. The lowest BCUT2D eigenvalue weighted by molar-refractivity contribution is 0.604. The summed E-state index contributed by atoms with van der Waals surface area (Å²) < 4.78 is 14.3. The van der Waals surface area contributed by atoms with Gasteiger partial charge >= 0.3 is 0 Å². The van der Waals surface area contributed by atoms with Crippen LogP contribution >= 0.6 is 11.6 Å². The molecule has 4 heteroatoms. The van der Waals surface area contributed by atoms with Crippen LogP contribution in [0.5, 0.6) is 0 Å². The van der Waals surface area contributed by atoms with Gasteiger partial charge in [0.05, 0.1) is 10.9 Å². The molecule has 1 aromatic carbocycles. The maximum Gasteiger partial charge on any atom is 0.146 e. The number of rotatable bonds is 3. The molecule has 0 unspecified atom stereocenters. The Balaban J connectivity index is 2.18. The lowest BCUT2D eigenvalue weighted by Gasteiger charge is -2.16. The number of hydrogen-bond acceptors (Lipinski definition) is 0. The summed E-state index contributed by atoms with van der Waals surface area (Å²) in [5.74, 6) is -0.595. The lowest BCUT2D eigenvalue weighted by atomic mass is 9.92. The van der Waals surface area contributed by atoms with E-state index in [1.165, 1.54) is 0 Å². The molecule has 3 rings (SSSR count). The van der Waals surface area contributed by atoms with Crippen molar-refractivity contribution in [1.29, 1.82) is 0 Å². The molecule has 0 saturated heterocycles. The van der Waals surface area contributed by atoms with Gasteiger partial charge in [-0.2, -0.15) is 0 Å². The fraction of sp³-hybridized carbons (Fsp3) is 0.0667. The van der Waals surface area contributed by atoms with Gasteiger partial charge in [-0.1, -0.05) is 23.7 Å². The summed E-state index contributed by atoms with van der Waals surface area (Å²) in [6, 6.07) is 12.7. The third kappa shape index (κ3) is 2.17. The van der Waals surface area contributed by atoms with E-state index in [0.717, 1.165) is 11.4 Å². The van der Waals surface area contributed by atoms with Crippen LogP contribution in [0.15, 0.2) is 54.9 Å². The van der Waals surface area contributed by atoms with Gasteiger partial charge in [0.15, 0.2) is 0 Å². The molecule has 0 amide bonds. The second-order valence-electron chi connectivity index (χ2n) is 4.33. The Kier molecular flexibility index (Phi) is 3.13. The van der Waals surface area contributed by atoms with Crippen molar-refractivity contribution in [2.75, 3.05) is 0 Å². The SMILES string of the molecule is Fc1c(Cl)cccc1C(c1ccc[nH]1)c1ccc[nH]1. The molecule has 0 saturated carbocycles. The van der Waals surface area contributed by atoms with Crippen LogP contribution in [0.4, 0.5) is 4.39 Å². The van der Waals surface area contributed by atoms with Gasteiger partial charge in [0.2, 0.25) is 0 Å². The Morgan fingerprint density at radius 2 is 1.53 bits per heavy atom. The summed E-state index contributed by atoms with van der Waals surface area (Å²) >= 11 is 5.89. The van der Waals surface area contributed by atoms with Gasteiger partial charge in [-0.05, 0) is 30.3 Å². The fourth-order valence-electron chi connectivity index (χ4n) is 2.29. The number of benzene rings is 1. The largest absolute Gasteiger partial charge is 0.364 e. The van der Waals surface area contributed by atoms with Gasteiger partial charge in [-0.3, -0.25) is 0 Å². The van der Waals surface area contributed by atoms with Crippen LogP contribution in [0.25, 0.3) is 0 Å². The number of H-pyrrole nitrogens is 2. The number of aromatic amines is 2. The van der Waals surface area contributed by atoms with Crippen molar-refractivity contribution in [3.63, 3.8) is 0 Å². The van der Waals surface area contributed by atoms with Gasteiger partial charge in [-0.15, -0.1) is 0 Å². The second-order valence-corrected chi connectivity index (χ2v) is 4.73. The van der Waals surface area contributed by atoms with Crippen molar-refractivity contribution in [3.05, 3.63) is 82.6 Å². The quantitative estimate of drug-likeness (QED) is 0.713. The average Bonchev–Trinajstić information content (AvgIpc) is 3.08.